The van der Waals surface area contributed by atoms with E-state index >= 15 is 0 Å². The Kier molecular flexibility index (Phi) is 3.22. The second-order valence-electron chi connectivity index (χ2n) is 4.77. The highest BCUT2D eigenvalue weighted by Crippen LogP contribution is 2.46. The Morgan fingerprint density at radius 3 is 1.88 bits per heavy atom. The molecule has 2 fully saturated rings. The van der Waals surface area contributed by atoms with Gasteiger partial charge in [-0.05, 0) is 12.8 Å². The minimum Gasteiger partial charge on any atom is -0.394 e. The second-order valence-corrected chi connectivity index (χ2v) is 4.77. The lowest BCUT2D eigenvalue weighted by atomic mass is 9.68. The molecule has 16 heavy (non-hydrogen) atoms. The van der Waals surface area contributed by atoms with Crippen molar-refractivity contribution in [3.8, 4) is 0 Å². The van der Waals surface area contributed by atoms with Gasteiger partial charge in [0.25, 0.3) is 0 Å². The van der Waals surface area contributed by atoms with Crippen molar-refractivity contribution in [2.45, 2.75) is 42.8 Å². The Bertz CT molecular complexity index is 254. The van der Waals surface area contributed by atoms with E-state index in [1.807, 2.05) is 0 Å². The maximum atomic E-state index is 9.99. The maximum Gasteiger partial charge on any atom is 0.111 e. The molecule has 0 aromatic carbocycles. The standard InChI is InChI=1S/C10H19NO5/c12-5-6(13)7(14)8(15)9(16)10-1-3-11(10)4-2-10/h6-9,12-16H,1-5H2/t6-,7-,8+,9-/m0/s1. The molecule has 2 heterocycles. The van der Waals surface area contributed by atoms with Crippen LogP contribution in [-0.4, -0.2) is 80.1 Å². The van der Waals surface area contributed by atoms with Crippen LogP contribution in [0.25, 0.3) is 0 Å². The fourth-order valence-electron chi connectivity index (χ4n) is 2.67. The summed E-state index contributed by atoms with van der Waals surface area (Å²) in [5.41, 5.74) is -0.407. The number of nitrogens with zero attached hydrogens (tertiary/aromatic N) is 1. The Morgan fingerprint density at radius 2 is 1.56 bits per heavy atom. The number of aliphatic hydroxyl groups excluding tert-OH is 5. The van der Waals surface area contributed by atoms with E-state index in [4.69, 9.17) is 5.11 Å². The van der Waals surface area contributed by atoms with Gasteiger partial charge in [0.15, 0.2) is 0 Å². The quantitative estimate of drug-likeness (QED) is 0.353. The molecule has 0 unspecified atom stereocenters. The smallest absolute Gasteiger partial charge is 0.111 e. The van der Waals surface area contributed by atoms with E-state index in [2.05, 4.69) is 4.90 Å². The first kappa shape index (κ1) is 12.2. The first-order valence-corrected chi connectivity index (χ1v) is 5.61. The SMILES string of the molecule is OC[C@H](O)[C@H](O)[C@@H](O)[C@H](O)C12CCN1CC2. The Hall–Kier alpha value is -0.240. The summed E-state index contributed by atoms with van der Waals surface area (Å²) >= 11 is 0. The first-order valence-electron chi connectivity index (χ1n) is 5.61. The molecule has 0 bridgehead atoms. The average molecular weight is 233 g/mol. The summed E-state index contributed by atoms with van der Waals surface area (Å²) in [6.07, 6.45) is -3.84. The monoisotopic (exact) mass is 233 g/mol. The Labute approximate surface area is 93.7 Å². The van der Waals surface area contributed by atoms with Crippen molar-refractivity contribution in [3.05, 3.63) is 0 Å². The van der Waals surface area contributed by atoms with E-state index in [1.54, 1.807) is 0 Å². The van der Waals surface area contributed by atoms with E-state index in [0.717, 1.165) is 25.9 Å². The lowest BCUT2D eigenvalue weighted by molar-refractivity contribution is -0.219. The van der Waals surface area contributed by atoms with Crippen LogP contribution in [-0.2, 0) is 0 Å². The molecule has 2 aliphatic rings. The van der Waals surface area contributed by atoms with Crippen molar-refractivity contribution in [1.82, 2.24) is 4.90 Å². The first-order chi connectivity index (χ1) is 7.53. The summed E-state index contributed by atoms with van der Waals surface area (Å²) in [4.78, 5) is 2.05. The van der Waals surface area contributed by atoms with Gasteiger partial charge in [0.1, 0.15) is 24.4 Å². The molecule has 4 atom stereocenters. The van der Waals surface area contributed by atoms with Crippen LogP contribution in [0.3, 0.4) is 0 Å². The van der Waals surface area contributed by atoms with Crippen LogP contribution < -0.4 is 0 Å². The molecule has 2 aliphatic heterocycles. The van der Waals surface area contributed by atoms with E-state index in [9.17, 15) is 20.4 Å². The van der Waals surface area contributed by atoms with E-state index in [-0.39, 0.29) is 0 Å². The second kappa shape index (κ2) is 4.21. The topological polar surface area (TPSA) is 104 Å². The predicted octanol–water partition coefficient (Wildman–Crippen LogP) is -2.73. The van der Waals surface area contributed by atoms with Gasteiger partial charge in [-0.2, -0.15) is 0 Å². The molecule has 2 rings (SSSR count). The minimum atomic E-state index is -1.52. The molecular weight excluding hydrogens is 214 g/mol. The molecule has 6 heteroatoms. The van der Waals surface area contributed by atoms with Crippen molar-refractivity contribution < 1.29 is 25.5 Å². The zero-order chi connectivity index (χ0) is 11.9. The summed E-state index contributed by atoms with van der Waals surface area (Å²) in [6, 6.07) is 0. The van der Waals surface area contributed by atoms with Crippen LogP contribution in [0.2, 0.25) is 0 Å². The maximum absolute atomic E-state index is 9.99. The van der Waals surface area contributed by atoms with Gasteiger partial charge < -0.3 is 25.5 Å². The number of rotatable bonds is 5. The van der Waals surface area contributed by atoms with Gasteiger partial charge >= 0.3 is 0 Å². The number of aliphatic hydroxyl groups is 5. The molecule has 0 radical (unpaired) electrons. The molecule has 0 aliphatic carbocycles. The Morgan fingerprint density at radius 1 is 1.00 bits per heavy atom. The molecule has 2 saturated heterocycles. The van der Waals surface area contributed by atoms with E-state index < -0.39 is 36.6 Å². The summed E-state index contributed by atoms with van der Waals surface area (Å²) in [7, 11) is 0. The molecule has 0 aromatic rings. The van der Waals surface area contributed by atoms with Crippen LogP contribution in [0.5, 0.6) is 0 Å². The normalized spacial score (nSPS) is 30.6. The van der Waals surface area contributed by atoms with Crippen LogP contribution in [0, 0.1) is 0 Å². The molecule has 0 saturated carbocycles. The predicted molar refractivity (Wildman–Crippen MR) is 54.7 cm³/mol. The number of fused-ring (bicyclic) bond motifs is 1. The third-order valence-corrected chi connectivity index (χ3v) is 4.06. The largest absolute Gasteiger partial charge is 0.394 e. The van der Waals surface area contributed by atoms with Crippen molar-refractivity contribution >= 4 is 0 Å². The van der Waals surface area contributed by atoms with Gasteiger partial charge in [0.2, 0.25) is 0 Å². The van der Waals surface area contributed by atoms with Crippen molar-refractivity contribution in [3.63, 3.8) is 0 Å². The zero-order valence-corrected chi connectivity index (χ0v) is 9.03. The highest BCUT2D eigenvalue weighted by molar-refractivity contribution is 5.14. The third kappa shape index (κ3) is 1.57. The van der Waals surface area contributed by atoms with Gasteiger partial charge in [-0.15, -0.1) is 0 Å². The highest BCUT2D eigenvalue weighted by atomic mass is 16.4. The van der Waals surface area contributed by atoms with Gasteiger partial charge in [0, 0.05) is 13.1 Å². The molecule has 0 aromatic heterocycles. The zero-order valence-electron chi connectivity index (χ0n) is 9.03. The molecule has 5 N–H and O–H groups in total. The fraction of sp³-hybridized carbons (Fsp3) is 1.00. The lowest BCUT2D eigenvalue weighted by Crippen LogP contribution is -2.77. The molecule has 0 spiro atoms. The number of hydrogen-bond donors (Lipinski definition) is 5. The van der Waals surface area contributed by atoms with Crippen molar-refractivity contribution in [2.75, 3.05) is 19.7 Å². The summed E-state index contributed by atoms with van der Waals surface area (Å²) < 4.78 is 0. The van der Waals surface area contributed by atoms with Crippen LogP contribution in [0.1, 0.15) is 12.8 Å². The van der Waals surface area contributed by atoms with Crippen LogP contribution >= 0.6 is 0 Å². The van der Waals surface area contributed by atoms with Crippen molar-refractivity contribution in [1.29, 1.82) is 0 Å². The molecule has 94 valence electrons. The van der Waals surface area contributed by atoms with Gasteiger partial charge in [-0.1, -0.05) is 0 Å². The van der Waals surface area contributed by atoms with Crippen LogP contribution in [0.4, 0.5) is 0 Å². The number of hydrogen-bond acceptors (Lipinski definition) is 6. The van der Waals surface area contributed by atoms with E-state index in [0.29, 0.717) is 0 Å². The molecule has 6 nitrogen and oxygen atoms in total. The Balaban J connectivity index is 1.96. The number of piperidine rings is 1. The molecule has 0 amide bonds. The average Bonchev–Trinajstić information content (AvgIpc) is 2.29. The third-order valence-electron chi connectivity index (χ3n) is 4.06. The minimum absolute atomic E-state index is 0.407. The van der Waals surface area contributed by atoms with E-state index in [1.165, 1.54) is 0 Å². The summed E-state index contributed by atoms with van der Waals surface area (Å²) in [5.74, 6) is 0. The van der Waals surface area contributed by atoms with Gasteiger partial charge in [0.05, 0.1) is 12.1 Å². The highest BCUT2D eigenvalue weighted by Gasteiger charge is 2.58. The fourth-order valence-corrected chi connectivity index (χ4v) is 2.67. The van der Waals surface area contributed by atoms with Crippen LogP contribution in [0.15, 0.2) is 0 Å². The van der Waals surface area contributed by atoms with Gasteiger partial charge in [-0.25, -0.2) is 0 Å². The summed E-state index contributed by atoms with van der Waals surface area (Å²) in [5, 5.41) is 47.1. The molecular formula is C10H19NO5. The van der Waals surface area contributed by atoms with Crippen molar-refractivity contribution in [2.24, 2.45) is 0 Å². The van der Waals surface area contributed by atoms with Gasteiger partial charge in [-0.3, -0.25) is 4.90 Å². The lowest BCUT2D eigenvalue weighted by Gasteiger charge is -2.64. The summed E-state index contributed by atoms with van der Waals surface area (Å²) in [6.45, 7) is 1.17.